The first kappa shape index (κ1) is 63.5. The van der Waals surface area contributed by atoms with Crippen molar-refractivity contribution in [2.75, 3.05) is 48.1 Å². The van der Waals surface area contributed by atoms with Crippen LogP contribution in [0.15, 0.2) is 53.2 Å². The molecule has 0 bridgehead atoms. The Bertz CT molecular complexity index is 2020. The minimum absolute atomic E-state index is 0.00172. The lowest BCUT2D eigenvalue weighted by Crippen LogP contribution is -2.60. The van der Waals surface area contributed by atoms with E-state index in [1.165, 1.54) is 0 Å². The molecule has 1 saturated carbocycles. The first-order chi connectivity index (χ1) is 35.2. The molecule has 0 radical (unpaired) electrons. The zero-order valence-corrected chi connectivity index (χ0v) is 49.5. The van der Waals surface area contributed by atoms with Crippen molar-refractivity contribution in [1.82, 2.24) is 15.1 Å². The summed E-state index contributed by atoms with van der Waals surface area (Å²) in [6, 6.07) is 6.75. The number of ether oxygens (including phenoxy) is 5. The van der Waals surface area contributed by atoms with Crippen LogP contribution in [0.5, 0.6) is 0 Å². The number of benzene rings is 1. The van der Waals surface area contributed by atoms with E-state index in [1.807, 2.05) is 72.1 Å². The van der Waals surface area contributed by atoms with Crippen molar-refractivity contribution < 1.29 is 58.1 Å². The predicted molar refractivity (Wildman–Crippen MR) is 295 cm³/mol. The number of likely N-dealkylation sites (N-methyl/N-ethyl adjacent to an activating group) is 1. The third-order valence-corrected chi connectivity index (χ3v) is 20.1. The highest BCUT2D eigenvalue weighted by atomic mass is 32.2. The SMILES string of the molecule is CC[C@H]1OC(=O)[C@H](C)[C@@H](C2C[C@@](C)(OC)[C@@H](O)[C@H](C)O2)[C@H](C)C(/C=C/C2CC(N(C)CC/C([NH3+])=C/N[C@H](CF)[C@H](OC)c3ccc(S(=O)C4CCCC4)cc3)C[C@@H](C)O2)C(C)(C)C[C@@H](C)CN(C)C(C)[C@@H](O)[C@]1(C)O. The Labute approximate surface area is 453 Å². The Morgan fingerprint density at radius 2 is 1.65 bits per heavy atom. The van der Waals surface area contributed by atoms with Crippen molar-refractivity contribution in [3.05, 3.63) is 53.9 Å². The Kier molecular flexibility index (Phi) is 23.4. The van der Waals surface area contributed by atoms with Crippen molar-refractivity contribution in [2.24, 2.45) is 35.0 Å². The molecule has 1 aromatic carbocycles. The van der Waals surface area contributed by atoms with Crippen LogP contribution in [0.2, 0.25) is 0 Å². The number of carbonyl (C=O) groups is 1. The molecule has 75 heavy (non-hydrogen) atoms. The van der Waals surface area contributed by atoms with Gasteiger partial charge in [-0.3, -0.25) is 9.00 Å². The van der Waals surface area contributed by atoms with Gasteiger partial charge in [0, 0.05) is 68.3 Å². The fraction of sp³-hybridized carbons (Fsp3) is 0.814. The summed E-state index contributed by atoms with van der Waals surface area (Å²) in [4.78, 5) is 20.0. The van der Waals surface area contributed by atoms with E-state index >= 15 is 0 Å². The molecule has 1 aliphatic carbocycles. The number of aliphatic hydroxyl groups excluding tert-OH is 2. The van der Waals surface area contributed by atoms with Gasteiger partial charge in [-0.15, -0.1) is 0 Å². The summed E-state index contributed by atoms with van der Waals surface area (Å²) in [5.74, 6) is -1.61. The van der Waals surface area contributed by atoms with Gasteiger partial charge in [0.1, 0.15) is 42.4 Å². The summed E-state index contributed by atoms with van der Waals surface area (Å²) in [6.45, 7) is 22.9. The van der Waals surface area contributed by atoms with E-state index in [9.17, 15) is 28.7 Å². The third kappa shape index (κ3) is 15.7. The van der Waals surface area contributed by atoms with E-state index in [0.717, 1.165) is 67.6 Å². The number of aliphatic hydroxyl groups is 3. The molecule has 16 heteroatoms. The number of hydrogen-bond donors (Lipinski definition) is 5. The largest absolute Gasteiger partial charge is 0.459 e. The van der Waals surface area contributed by atoms with Crippen LogP contribution < -0.4 is 11.1 Å². The number of methoxy groups -OCH3 is 2. The van der Waals surface area contributed by atoms with Gasteiger partial charge in [0.15, 0.2) is 0 Å². The molecule has 430 valence electrons. The smallest absolute Gasteiger partial charge is 0.309 e. The third-order valence-electron chi connectivity index (χ3n) is 18.3. The second-order valence-corrected chi connectivity index (χ2v) is 26.4. The number of cyclic esters (lactones) is 1. The standard InChI is InChI=1S/C59H101FN4O10S/c1-16-51-59(11,68)54(65)40(6)64(13)35-36(2)31-57(8,9)48(38(4)52(39(5)56(67)74-51)50-32-58(10,71-15)55(66)41(7)73-50)26-23-45-30-44(29-37(3)72-45)63(12)28-27-43(61)34-62-49(33-60)53(70-14)42-21-24-47(25-22-42)75(69)46-19-17-18-20-46/h21-26,34,36-41,44-46,48-55,62,65-66,68H,16-20,27-33,35,61H2,1-15H3/p+1/b26-23+,43-34-/t36-,37-,38-,39-,40?,41+,44?,45?,48?,49-,50?,51-,52+,53-,54-,55+,58-,59-,75?/m1/s1. The van der Waals surface area contributed by atoms with Crippen molar-refractivity contribution in [1.29, 1.82) is 0 Å². The summed E-state index contributed by atoms with van der Waals surface area (Å²) in [7, 11) is 6.27. The molecule has 4 fully saturated rings. The lowest BCUT2D eigenvalue weighted by Gasteiger charge is -2.50. The Hall–Kier alpha value is -2.35. The molecule has 0 aromatic heterocycles. The van der Waals surface area contributed by atoms with Crippen LogP contribution in [-0.2, 0) is 39.3 Å². The van der Waals surface area contributed by atoms with Gasteiger partial charge in [-0.2, -0.15) is 0 Å². The zero-order chi connectivity index (χ0) is 55.7. The molecule has 7 N–H and O–H groups in total. The van der Waals surface area contributed by atoms with Crippen molar-refractivity contribution in [3.8, 4) is 0 Å². The van der Waals surface area contributed by atoms with Crippen LogP contribution in [0.25, 0.3) is 0 Å². The minimum Gasteiger partial charge on any atom is -0.459 e. The summed E-state index contributed by atoms with van der Waals surface area (Å²) in [6.07, 6.45) is 9.58. The fourth-order valence-electron chi connectivity index (χ4n) is 13.6. The van der Waals surface area contributed by atoms with E-state index < -0.39 is 95.2 Å². The molecule has 3 heterocycles. The van der Waals surface area contributed by atoms with Gasteiger partial charge < -0.3 is 59.9 Å². The maximum Gasteiger partial charge on any atom is 0.309 e. The molecule has 1 aromatic rings. The topological polar surface area (TPSA) is 187 Å². The number of allylic oxidation sites excluding steroid dienone is 1. The Morgan fingerprint density at radius 1 is 1.00 bits per heavy atom. The lowest BCUT2D eigenvalue weighted by atomic mass is 9.61. The fourth-order valence-corrected chi connectivity index (χ4v) is 15.1. The van der Waals surface area contributed by atoms with E-state index in [4.69, 9.17) is 23.7 Å². The molecular formula is C59H102FN4O10S+. The normalized spacial score (nSPS) is 38.7. The number of rotatable bonds is 17. The molecule has 4 aliphatic rings. The molecule has 0 amide bonds. The van der Waals surface area contributed by atoms with Crippen LogP contribution in [-0.4, -0.2) is 161 Å². The highest BCUT2D eigenvalue weighted by Gasteiger charge is 2.53. The van der Waals surface area contributed by atoms with Crippen molar-refractivity contribution >= 4 is 16.8 Å². The number of nitrogens with one attached hydrogen (secondary N) is 1. The summed E-state index contributed by atoms with van der Waals surface area (Å²) in [5, 5.41) is 38.5. The van der Waals surface area contributed by atoms with Crippen LogP contribution in [0, 0.1) is 35.0 Å². The van der Waals surface area contributed by atoms with E-state index in [-0.39, 0.29) is 46.7 Å². The Balaban J connectivity index is 1.37. The molecule has 14 nitrogen and oxygen atoms in total. The number of carbonyl (C=O) groups excluding carboxylic acids is 1. The van der Waals surface area contributed by atoms with Crippen LogP contribution >= 0.6 is 0 Å². The van der Waals surface area contributed by atoms with Gasteiger partial charge >= 0.3 is 5.97 Å². The van der Waals surface area contributed by atoms with Gasteiger partial charge in [0.05, 0.1) is 59.0 Å². The average Bonchev–Trinajstić information content (AvgIpc) is 3.92. The Morgan fingerprint density at radius 3 is 2.25 bits per heavy atom. The molecule has 0 spiro atoms. The molecule has 19 atom stereocenters. The summed E-state index contributed by atoms with van der Waals surface area (Å²) >= 11 is 0. The molecule has 5 rings (SSSR count). The second-order valence-electron chi connectivity index (χ2n) is 24.7. The number of quaternary nitrogens is 1. The summed E-state index contributed by atoms with van der Waals surface area (Å²) < 4.78 is 59.4. The zero-order valence-electron chi connectivity index (χ0n) is 48.6. The van der Waals surface area contributed by atoms with Crippen LogP contribution in [0.4, 0.5) is 4.39 Å². The maximum absolute atomic E-state index is 14.7. The highest BCUT2D eigenvalue weighted by Crippen LogP contribution is 2.48. The van der Waals surface area contributed by atoms with Crippen molar-refractivity contribution in [3.63, 3.8) is 0 Å². The quantitative estimate of drug-likeness (QED) is 0.0763. The van der Waals surface area contributed by atoms with Gasteiger partial charge in [-0.25, -0.2) is 4.39 Å². The molecule has 3 aliphatic heterocycles. The summed E-state index contributed by atoms with van der Waals surface area (Å²) in [5.41, 5.74) is 3.04. The number of halogens is 1. The molecule has 3 saturated heterocycles. The van der Waals surface area contributed by atoms with Crippen LogP contribution in [0.1, 0.15) is 152 Å². The van der Waals surface area contributed by atoms with E-state index in [1.54, 1.807) is 21.1 Å². The average molecular weight is 1080 g/mol. The number of esters is 1. The van der Waals surface area contributed by atoms with Crippen LogP contribution in [0.3, 0.4) is 0 Å². The van der Waals surface area contributed by atoms with E-state index in [0.29, 0.717) is 25.8 Å². The number of hydrogen-bond acceptors (Lipinski definition) is 13. The number of nitrogens with zero attached hydrogens (tertiary/aromatic N) is 2. The molecular weight excluding hydrogens is 976 g/mol. The maximum atomic E-state index is 14.7. The minimum atomic E-state index is -1.73. The lowest BCUT2D eigenvalue weighted by molar-refractivity contribution is -0.307. The first-order valence-corrected chi connectivity index (χ1v) is 29.5. The monoisotopic (exact) mass is 1080 g/mol. The van der Waals surface area contributed by atoms with Gasteiger partial charge in [0.2, 0.25) is 0 Å². The first-order valence-electron chi connectivity index (χ1n) is 28.3. The van der Waals surface area contributed by atoms with Gasteiger partial charge in [-0.1, -0.05) is 78.7 Å². The predicted octanol–water partition coefficient (Wildman–Crippen LogP) is 7.52. The second kappa shape index (κ2) is 27.7. The highest BCUT2D eigenvalue weighted by molar-refractivity contribution is 7.85. The van der Waals surface area contributed by atoms with Crippen molar-refractivity contribution in [2.45, 2.75) is 229 Å². The number of alkyl halides is 1. The molecule has 6 unspecified atom stereocenters. The van der Waals surface area contributed by atoms with Gasteiger partial charge in [0.25, 0.3) is 0 Å². The van der Waals surface area contributed by atoms with Gasteiger partial charge in [-0.05, 0) is 128 Å². The van der Waals surface area contributed by atoms with E-state index in [2.05, 4.69) is 74.7 Å².